The number of carbonyl (C=O) groups is 1. The minimum Gasteiger partial charge on any atom is -0.453 e. The van der Waals surface area contributed by atoms with Gasteiger partial charge >= 0.3 is 5.97 Å². The standard InChI is InChI=1S/C15H18O5/c1-14(2)18-9-11(20-14)12-15(17-3,13(16)19-12)10-7-5-4-6-8-10/h4-8,11-12H,9H2,1-3H3/t11-,12-,15-/m1/s1. The molecule has 0 spiro atoms. The van der Waals surface area contributed by atoms with Crippen LogP contribution in [0.25, 0.3) is 0 Å². The van der Waals surface area contributed by atoms with Crippen molar-refractivity contribution < 1.29 is 23.7 Å². The van der Waals surface area contributed by atoms with Crippen LogP contribution in [0.5, 0.6) is 0 Å². The zero-order valence-corrected chi connectivity index (χ0v) is 11.8. The van der Waals surface area contributed by atoms with Gasteiger partial charge in [0.2, 0.25) is 5.60 Å². The summed E-state index contributed by atoms with van der Waals surface area (Å²) < 4.78 is 22.2. The van der Waals surface area contributed by atoms with Gasteiger partial charge in [0.25, 0.3) is 0 Å². The molecular weight excluding hydrogens is 260 g/mol. The molecule has 1 aromatic rings. The fraction of sp³-hybridized carbons (Fsp3) is 0.533. The fourth-order valence-corrected chi connectivity index (χ4v) is 2.83. The number of carbonyl (C=O) groups excluding carboxylic acids is 1. The molecule has 0 amide bonds. The first-order valence-corrected chi connectivity index (χ1v) is 6.63. The topological polar surface area (TPSA) is 54.0 Å². The number of rotatable bonds is 3. The highest BCUT2D eigenvalue weighted by Gasteiger charge is 2.65. The quantitative estimate of drug-likeness (QED) is 0.786. The Kier molecular flexibility index (Phi) is 3.08. The minimum atomic E-state index is -1.10. The molecule has 1 aromatic carbocycles. The SMILES string of the molecule is CO[C@@]1(c2ccccc2)C(=O)O[C@@H]1[C@H]1COC(C)(C)O1. The molecule has 0 radical (unpaired) electrons. The lowest BCUT2D eigenvalue weighted by Crippen LogP contribution is -2.66. The van der Waals surface area contributed by atoms with Gasteiger partial charge in [0.1, 0.15) is 6.10 Å². The van der Waals surface area contributed by atoms with E-state index in [4.69, 9.17) is 18.9 Å². The molecular formula is C15H18O5. The molecule has 3 rings (SSSR count). The Hall–Kier alpha value is -1.43. The Bertz CT molecular complexity index is 512. The van der Waals surface area contributed by atoms with Crippen LogP contribution < -0.4 is 0 Å². The van der Waals surface area contributed by atoms with E-state index in [9.17, 15) is 4.79 Å². The summed E-state index contributed by atoms with van der Waals surface area (Å²) in [6, 6.07) is 9.35. The van der Waals surface area contributed by atoms with Gasteiger partial charge < -0.3 is 18.9 Å². The van der Waals surface area contributed by atoms with Gasteiger partial charge in [0.15, 0.2) is 11.9 Å². The Labute approximate surface area is 117 Å². The molecule has 5 nitrogen and oxygen atoms in total. The Morgan fingerprint density at radius 2 is 1.95 bits per heavy atom. The van der Waals surface area contributed by atoms with E-state index in [1.54, 1.807) is 0 Å². The molecule has 20 heavy (non-hydrogen) atoms. The molecule has 0 aliphatic carbocycles. The van der Waals surface area contributed by atoms with E-state index in [1.165, 1.54) is 7.11 Å². The molecule has 0 bridgehead atoms. The lowest BCUT2D eigenvalue weighted by molar-refractivity contribution is -0.264. The number of hydrogen-bond acceptors (Lipinski definition) is 5. The maximum Gasteiger partial charge on any atom is 0.347 e. The molecule has 0 saturated carbocycles. The first kappa shape index (κ1) is 13.5. The van der Waals surface area contributed by atoms with Crippen LogP contribution in [0.3, 0.4) is 0 Å². The summed E-state index contributed by atoms with van der Waals surface area (Å²) >= 11 is 0. The number of ether oxygens (including phenoxy) is 4. The van der Waals surface area contributed by atoms with Crippen LogP contribution in [0.2, 0.25) is 0 Å². The minimum absolute atomic E-state index is 0.331. The van der Waals surface area contributed by atoms with Crippen molar-refractivity contribution in [3.8, 4) is 0 Å². The molecule has 3 atom stereocenters. The largest absolute Gasteiger partial charge is 0.453 e. The summed E-state index contributed by atoms with van der Waals surface area (Å²) in [7, 11) is 1.52. The van der Waals surface area contributed by atoms with Gasteiger partial charge in [-0.3, -0.25) is 0 Å². The maximum absolute atomic E-state index is 12.1. The van der Waals surface area contributed by atoms with E-state index in [0.717, 1.165) is 5.56 Å². The molecule has 2 aliphatic rings. The van der Waals surface area contributed by atoms with Gasteiger partial charge in [0.05, 0.1) is 6.61 Å². The predicted octanol–water partition coefficient (Wildman–Crippen LogP) is 1.61. The summed E-state index contributed by atoms with van der Waals surface area (Å²) in [5.41, 5.74) is -0.326. The number of benzene rings is 1. The molecule has 2 heterocycles. The van der Waals surface area contributed by atoms with E-state index in [-0.39, 0.29) is 12.1 Å². The zero-order valence-electron chi connectivity index (χ0n) is 11.8. The Morgan fingerprint density at radius 3 is 2.45 bits per heavy atom. The van der Waals surface area contributed by atoms with Crippen molar-refractivity contribution in [3.05, 3.63) is 35.9 Å². The van der Waals surface area contributed by atoms with E-state index >= 15 is 0 Å². The Morgan fingerprint density at radius 1 is 1.25 bits per heavy atom. The summed E-state index contributed by atoms with van der Waals surface area (Å²) in [4.78, 5) is 12.1. The van der Waals surface area contributed by atoms with Crippen LogP contribution >= 0.6 is 0 Å². The third-order valence-electron chi connectivity index (χ3n) is 3.83. The second kappa shape index (κ2) is 4.55. The Balaban J connectivity index is 1.91. The number of methoxy groups -OCH3 is 1. The van der Waals surface area contributed by atoms with Gasteiger partial charge in [-0.2, -0.15) is 0 Å². The molecule has 108 valence electrons. The van der Waals surface area contributed by atoms with Crippen LogP contribution in [-0.4, -0.2) is 37.7 Å². The summed E-state index contributed by atoms with van der Waals surface area (Å²) in [5, 5.41) is 0. The van der Waals surface area contributed by atoms with Crippen molar-refractivity contribution in [2.24, 2.45) is 0 Å². The van der Waals surface area contributed by atoms with Gasteiger partial charge in [-0.1, -0.05) is 30.3 Å². The van der Waals surface area contributed by atoms with Gasteiger partial charge in [-0.15, -0.1) is 0 Å². The second-order valence-electron chi connectivity index (χ2n) is 5.50. The fourth-order valence-electron chi connectivity index (χ4n) is 2.83. The highest BCUT2D eigenvalue weighted by Crippen LogP contribution is 2.45. The van der Waals surface area contributed by atoms with Crippen molar-refractivity contribution in [1.29, 1.82) is 0 Å². The lowest BCUT2D eigenvalue weighted by atomic mass is 9.80. The first-order chi connectivity index (χ1) is 9.49. The van der Waals surface area contributed by atoms with Crippen LogP contribution in [0, 0.1) is 0 Å². The molecule has 2 fully saturated rings. The predicted molar refractivity (Wildman–Crippen MR) is 69.9 cm³/mol. The van der Waals surface area contributed by atoms with Crippen LogP contribution in [0.4, 0.5) is 0 Å². The molecule has 0 unspecified atom stereocenters. The highest BCUT2D eigenvalue weighted by molar-refractivity contribution is 5.88. The third kappa shape index (κ3) is 1.85. The molecule has 0 aromatic heterocycles. The van der Waals surface area contributed by atoms with E-state index in [2.05, 4.69) is 0 Å². The third-order valence-corrected chi connectivity index (χ3v) is 3.83. The smallest absolute Gasteiger partial charge is 0.347 e. The van der Waals surface area contributed by atoms with Crippen molar-refractivity contribution in [2.75, 3.05) is 13.7 Å². The number of cyclic esters (lactones) is 1. The van der Waals surface area contributed by atoms with E-state index < -0.39 is 17.5 Å². The zero-order chi connectivity index (χ0) is 14.4. The van der Waals surface area contributed by atoms with E-state index in [1.807, 2.05) is 44.2 Å². The average molecular weight is 278 g/mol. The highest BCUT2D eigenvalue weighted by atomic mass is 16.8. The normalized spacial score (nSPS) is 35.5. The van der Waals surface area contributed by atoms with Crippen LogP contribution in [0.15, 0.2) is 30.3 Å². The van der Waals surface area contributed by atoms with Crippen LogP contribution in [0.1, 0.15) is 19.4 Å². The average Bonchev–Trinajstić information content (AvgIpc) is 2.78. The monoisotopic (exact) mass is 278 g/mol. The summed E-state index contributed by atoms with van der Waals surface area (Å²) in [6.45, 7) is 4.05. The number of hydrogen-bond donors (Lipinski definition) is 0. The van der Waals surface area contributed by atoms with Crippen molar-refractivity contribution >= 4 is 5.97 Å². The second-order valence-corrected chi connectivity index (χ2v) is 5.50. The van der Waals surface area contributed by atoms with Gasteiger partial charge in [0, 0.05) is 7.11 Å². The summed E-state index contributed by atoms with van der Waals surface area (Å²) in [5.74, 6) is -1.05. The van der Waals surface area contributed by atoms with Crippen molar-refractivity contribution in [1.82, 2.24) is 0 Å². The van der Waals surface area contributed by atoms with Crippen molar-refractivity contribution in [3.63, 3.8) is 0 Å². The van der Waals surface area contributed by atoms with Gasteiger partial charge in [-0.25, -0.2) is 4.79 Å². The number of esters is 1. The van der Waals surface area contributed by atoms with Gasteiger partial charge in [-0.05, 0) is 19.4 Å². The lowest BCUT2D eigenvalue weighted by Gasteiger charge is -2.47. The van der Waals surface area contributed by atoms with Crippen molar-refractivity contribution in [2.45, 2.75) is 37.4 Å². The maximum atomic E-state index is 12.1. The van der Waals surface area contributed by atoms with Crippen LogP contribution in [-0.2, 0) is 29.3 Å². The van der Waals surface area contributed by atoms with E-state index in [0.29, 0.717) is 6.61 Å². The first-order valence-electron chi connectivity index (χ1n) is 6.63. The molecule has 0 N–H and O–H groups in total. The molecule has 5 heteroatoms. The molecule has 2 saturated heterocycles. The molecule has 2 aliphatic heterocycles. The summed E-state index contributed by atoms with van der Waals surface area (Å²) in [6.07, 6.45) is -0.827.